The lowest BCUT2D eigenvalue weighted by Gasteiger charge is -2.28. The van der Waals surface area contributed by atoms with Crippen LogP contribution in [0.2, 0.25) is 0 Å². The molecule has 0 aliphatic heterocycles. The molecule has 0 heterocycles. The summed E-state index contributed by atoms with van der Waals surface area (Å²) in [5.74, 6) is 0. The summed E-state index contributed by atoms with van der Waals surface area (Å²) < 4.78 is 10.6. The molecule has 0 saturated heterocycles. The molecule has 0 aromatic heterocycles. The first kappa shape index (κ1) is 15.1. The molecule has 1 aromatic rings. The zero-order valence-electron chi connectivity index (χ0n) is 11.1. The van der Waals surface area contributed by atoms with Crippen LogP contribution in [0.3, 0.4) is 0 Å². The Kier molecular flexibility index (Phi) is 6.29. The third-order valence-corrected chi connectivity index (χ3v) is 2.98. The molecule has 0 aliphatic rings. The van der Waals surface area contributed by atoms with Gasteiger partial charge in [0.2, 0.25) is 0 Å². The van der Waals surface area contributed by atoms with Gasteiger partial charge in [-0.2, -0.15) is 0 Å². The SMILES string of the molecule is COCC(C)OCCC(N)(CO)c1ccccc1. The summed E-state index contributed by atoms with van der Waals surface area (Å²) in [6.45, 7) is 2.90. The number of aliphatic hydroxyl groups excluding tert-OH is 1. The third kappa shape index (κ3) is 4.38. The zero-order chi connectivity index (χ0) is 13.4. The number of benzene rings is 1. The van der Waals surface area contributed by atoms with Gasteiger partial charge < -0.3 is 20.3 Å². The Morgan fingerprint density at radius 3 is 2.56 bits per heavy atom. The minimum Gasteiger partial charge on any atom is -0.394 e. The Morgan fingerprint density at radius 1 is 1.33 bits per heavy atom. The highest BCUT2D eigenvalue weighted by Gasteiger charge is 2.26. The maximum absolute atomic E-state index is 9.50. The van der Waals surface area contributed by atoms with E-state index in [1.165, 1.54) is 0 Å². The summed E-state index contributed by atoms with van der Waals surface area (Å²) in [5.41, 5.74) is 6.40. The van der Waals surface area contributed by atoms with E-state index in [1.54, 1.807) is 7.11 Å². The lowest BCUT2D eigenvalue weighted by Crippen LogP contribution is -2.42. The summed E-state index contributed by atoms with van der Waals surface area (Å²) in [6.07, 6.45) is 0.607. The van der Waals surface area contributed by atoms with Gasteiger partial charge in [0.15, 0.2) is 0 Å². The predicted molar refractivity (Wildman–Crippen MR) is 71.3 cm³/mol. The van der Waals surface area contributed by atoms with Gasteiger partial charge in [-0.05, 0) is 18.9 Å². The number of hydrogen-bond acceptors (Lipinski definition) is 4. The van der Waals surface area contributed by atoms with Crippen molar-refractivity contribution in [1.29, 1.82) is 0 Å². The fraction of sp³-hybridized carbons (Fsp3) is 0.571. The van der Waals surface area contributed by atoms with Crippen LogP contribution in [0.1, 0.15) is 18.9 Å². The van der Waals surface area contributed by atoms with Crippen molar-refractivity contribution in [2.75, 3.05) is 26.9 Å². The van der Waals surface area contributed by atoms with E-state index < -0.39 is 5.54 Å². The van der Waals surface area contributed by atoms with Crippen LogP contribution in [-0.4, -0.2) is 38.1 Å². The molecule has 3 N–H and O–H groups in total. The molecule has 102 valence electrons. The fourth-order valence-electron chi connectivity index (χ4n) is 1.81. The average molecular weight is 253 g/mol. The first-order chi connectivity index (χ1) is 8.62. The van der Waals surface area contributed by atoms with Crippen LogP contribution >= 0.6 is 0 Å². The van der Waals surface area contributed by atoms with Crippen molar-refractivity contribution in [3.05, 3.63) is 35.9 Å². The second-order valence-electron chi connectivity index (χ2n) is 4.57. The van der Waals surface area contributed by atoms with Gasteiger partial charge in [0, 0.05) is 13.7 Å². The summed E-state index contributed by atoms with van der Waals surface area (Å²) in [4.78, 5) is 0. The molecular formula is C14H23NO3. The zero-order valence-corrected chi connectivity index (χ0v) is 11.1. The molecule has 0 radical (unpaired) electrons. The maximum Gasteiger partial charge on any atom is 0.0780 e. The second-order valence-corrected chi connectivity index (χ2v) is 4.57. The molecule has 1 aromatic carbocycles. The number of hydrogen-bond donors (Lipinski definition) is 2. The Morgan fingerprint density at radius 2 is 2.00 bits per heavy atom. The lowest BCUT2D eigenvalue weighted by atomic mass is 9.89. The van der Waals surface area contributed by atoms with Crippen molar-refractivity contribution in [1.82, 2.24) is 0 Å². The first-order valence-corrected chi connectivity index (χ1v) is 6.18. The van der Waals surface area contributed by atoms with Gasteiger partial charge in [0.25, 0.3) is 0 Å². The van der Waals surface area contributed by atoms with E-state index in [1.807, 2.05) is 37.3 Å². The molecule has 0 spiro atoms. The minimum absolute atomic E-state index is 0.0358. The number of aliphatic hydroxyl groups is 1. The summed E-state index contributed by atoms with van der Waals surface area (Å²) >= 11 is 0. The van der Waals surface area contributed by atoms with Gasteiger partial charge in [0.1, 0.15) is 0 Å². The minimum atomic E-state index is -0.742. The smallest absolute Gasteiger partial charge is 0.0780 e. The molecule has 2 atom stereocenters. The highest BCUT2D eigenvalue weighted by Crippen LogP contribution is 2.21. The third-order valence-electron chi connectivity index (χ3n) is 2.98. The quantitative estimate of drug-likeness (QED) is 0.732. The largest absolute Gasteiger partial charge is 0.394 e. The predicted octanol–water partition coefficient (Wildman–Crippen LogP) is 1.27. The number of rotatable bonds is 8. The molecule has 0 amide bonds. The van der Waals surface area contributed by atoms with Gasteiger partial charge in [-0.3, -0.25) is 0 Å². The summed E-state index contributed by atoms with van der Waals surface area (Å²) in [5, 5.41) is 9.50. The molecule has 0 aliphatic carbocycles. The maximum atomic E-state index is 9.50. The second kappa shape index (κ2) is 7.48. The first-order valence-electron chi connectivity index (χ1n) is 6.18. The molecule has 2 unspecified atom stereocenters. The normalized spacial score (nSPS) is 16.2. The van der Waals surface area contributed by atoms with Crippen molar-refractivity contribution in [2.24, 2.45) is 5.73 Å². The molecule has 0 bridgehead atoms. The van der Waals surface area contributed by atoms with Crippen molar-refractivity contribution < 1.29 is 14.6 Å². The number of nitrogens with two attached hydrogens (primary N) is 1. The number of ether oxygens (including phenoxy) is 2. The van der Waals surface area contributed by atoms with Crippen LogP contribution in [0.25, 0.3) is 0 Å². The van der Waals surface area contributed by atoms with Crippen molar-refractivity contribution in [3.63, 3.8) is 0 Å². The Balaban J connectivity index is 2.51. The molecule has 0 fully saturated rings. The van der Waals surface area contributed by atoms with Crippen molar-refractivity contribution in [2.45, 2.75) is 25.0 Å². The van der Waals surface area contributed by atoms with E-state index in [9.17, 15) is 5.11 Å². The van der Waals surface area contributed by atoms with E-state index >= 15 is 0 Å². The van der Waals surface area contributed by atoms with Crippen LogP contribution in [0.4, 0.5) is 0 Å². The standard InChI is InChI=1S/C14H23NO3/c1-12(10-17-2)18-9-8-14(15,11-16)13-6-4-3-5-7-13/h3-7,12,16H,8-11,15H2,1-2H3. The lowest BCUT2D eigenvalue weighted by molar-refractivity contribution is -0.00169. The molecule has 4 nitrogen and oxygen atoms in total. The van der Waals surface area contributed by atoms with E-state index in [4.69, 9.17) is 15.2 Å². The number of methoxy groups -OCH3 is 1. The van der Waals surface area contributed by atoms with E-state index in [2.05, 4.69) is 0 Å². The van der Waals surface area contributed by atoms with Gasteiger partial charge in [-0.15, -0.1) is 0 Å². The molecule has 4 heteroatoms. The summed E-state index contributed by atoms with van der Waals surface area (Å²) in [6, 6.07) is 9.62. The molecular weight excluding hydrogens is 230 g/mol. The van der Waals surface area contributed by atoms with Crippen LogP contribution < -0.4 is 5.73 Å². The average Bonchev–Trinajstić information content (AvgIpc) is 2.40. The monoisotopic (exact) mass is 253 g/mol. The van der Waals surface area contributed by atoms with Crippen molar-refractivity contribution >= 4 is 0 Å². The highest BCUT2D eigenvalue weighted by atomic mass is 16.5. The fourth-order valence-corrected chi connectivity index (χ4v) is 1.81. The Bertz CT molecular complexity index is 331. The Labute approximate surface area is 109 Å². The van der Waals surface area contributed by atoms with Gasteiger partial charge in [-0.1, -0.05) is 30.3 Å². The van der Waals surface area contributed by atoms with Crippen LogP contribution in [0, 0.1) is 0 Å². The van der Waals surface area contributed by atoms with Gasteiger partial charge >= 0.3 is 0 Å². The van der Waals surface area contributed by atoms with Crippen molar-refractivity contribution in [3.8, 4) is 0 Å². The molecule has 0 saturated carbocycles. The van der Waals surface area contributed by atoms with E-state index in [-0.39, 0.29) is 12.7 Å². The molecule has 18 heavy (non-hydrogen) atoms. The van der Waals surface area contributed by atoms with Gasteiger partial charge in [0.05, 0.1) is 24.9 Å². The Hall–Kier alpha value is -0.940. The van der Waals surface area contributed by atoms with Crippen LogP contribution in [0.5, 0.6) is 0 Å². The summed E-state index contributed by atoms with van der Waals surface area (Å²) in [7, 11) is 1.64. The highest BCUT2D eigenvalue weighted by molar-refractivity contribution is 5.23. The van der Waals surface area contributed by atoms with E-state index in [0.29, 0.717) is 19.6 Å². The molecule has 1 rings (SSSR count). The van der Waals surface area contributed by atoms with Gasteiger partial charge in [-0.25, -0.2) is 0 Å². The topological polar surface area (TPSA) is 64.7 Å². The van der Waals surface area contributed by atoms with Crippen LogP contribution in [-0.2, 0) is 15.0 Å². The van der Waals surface area contributed by atoms with Crippen LogP contribution in [0.15, 0.2) is 30.3 Å². The van der Waals surface area contributed by atoms with E-state index in [0.717, 1.165) is 5.56 Å².